The third-order valence-corrected chi connectivity index (χ3v) is 2.87. The molecule has 6 heteroatoms. The van der Waals surface area contributed by atoms with Gasteiger partial charge in [-0.25, -0.2) is 5.84 Å². The fraction of sp³-hybridized carbons (Fsp3) is 0.0769. The van der Waals surface area contributed by atoms with Crippen LogP contribution in [0.4, 0.5) is 0 Å². The van der Waals surface area contributed by atoms with Gasteiger partial charge in [0.15, 0.2) is 0 Å². The number of ether oxygens (including phenoxy) is 1. The van der Waals surface area contributed by atoms with Gasteiger partial charge < -0.3 is 4.74 Å². The molecule has 2 aromatic rings. The molecular weight excluding hydrogens is 310 g/mol. The van der Waals surface area contributed by atoms with Crippen molar-refractivity contribution < 1.29 is 9.53 Å². The molecule has 98 valence electrons. The summed E-state index contributed by atoms with van der Waals surface area (Å²) in [4.78, 5) is 15.3. The molecule has 1 heterocycles. The second-order valence-corrected chi connectivity index (χ2v) is 4.71. The third kappa shape index (κ3) is 3.77. The van der Waals surface area contributed by atoms with Crippen LogP contribution in [0.1, 0.15) is 15.9 Å². The van der Waals surface area contributed by atoms with Crippen LogP contribution in [0.15, 0.2) is 47.2 Å². The van der Waals surface area contributed by atoms with E-state index in [0.717, 1.165) is 10.0 Å². The zero-order valence-corrected chi connectivity index (χ0v) is 11.6. The number of nitrogen functional groups attached to an aromatic ring is 1. The number of carbonyl (C=O) groups excluding carboxylic acids is 1. The maximum Gasteiger partial charge on any atom is 0.265 e. The van der Waals surface area contributed by atoms with Crippen molar-refractivity contribution >= 4 is 21.8 Å². The highest BCUT2D eigenvalue weighted by molar-refractivity contribution is 9.10. The molecule has 1 aromatic carbocycles. The third-order valence-electron chi connectivity index (χ3n) is 2.43. The van der Waals surface area contributed by atoms with Gasteiger partial charge in [0.2, 0.25) is 0 Å². The van der Waals surface area contributed by atoms with Crippen LogP contribution in [-0.2, 0) is 6.61 Å². The lowest BCUT2D eigenvalue weighted by atomic mass is 10.1. The minimum atomic E-state index is -0.316. The predicted molar refractivity (Wildman–Crippen MR) is 74.4 cm³/mol. The SMILES string of the molecule is NNC(=O)c1ccc(COc2cncc(Br)c2)cc1. The molecular formula is C13H12BrN3O2. The quantitative estimate of drug-likeness (QED) is 0.513. The maximum atomic E-state index is 11.3. The lowest BCUT2D eigenvalue weighted by Crippen LogP contribution is -2.29. The molecule has 19 heavy (non-hydrogen) atoms. The zero-order chi connectivity index (χ0) is 13.7. The number of pyridine rings is 1. The molecule has 0 aliphatic heterocycles. The first-order chi connectivity index (χ1) is 9.19. The number of carbonyl (C=O) groups is 1. The van der Waals surface area contributed by atoms with Crippen LogP contribution in [-0.4, -0.2) is 10.9 Å². The highest BCUT2D eigenvalue weighted by Gasteiger charge is 2.03. The number of nitrogens with zero attached hydrogens (tertiary/aromatic N) is 1. The highest BCUT2D eigenvalue weighted by atomic mass is 79.9. The first-order valence-electron chi connectivity index (χ1n) is 5.52. The molecule has 1 aromatic heterocycles. The Kier molecular flexibility index (Phi) is 4.48. The molecule has 5 nitrogen and oxygen atoms in total. The Labute approximate surface area is 118 Å². The summed E-state index contributed by atoms with van der Waals surface area (Å²) in [6, 6.07) is 8.86. The van der Waals surface area contributed by atoms with Gasteiger partial charge in [-0.3, -0.25) is 15.2 Å². The summed E-state index contributed by atoms with van der Waals surface area (Å²) in [6.45, 7) is 0.405. The Hall–Kier alpha value is -1.92. The molecule has 0 fully saturated rings. The van der Waals surface area contributed by atoms with Crippen molar-refractivity contribution in [2.45, 2.75) is 6.61 Å². The number of hydrogen-bond acceptors (Lipinski definition) is 4. The Morgan fingerprint density at radius 1 is 1.32 bits per heavy atom. The average Bonchev–Trinajstić information content (AvgIpc) is 2.45. The number of halogens is 1. The lowest BCUT2D eigenvalue weighted by molar-refractivity contribution is 0.0953. The highest BCUT2D eigenvalue weighted by Crippen LogP contribution is 2.17. The molecule has 2 rings (SSSR count). The number of aromatic nitrogens is 1. The first-order valence-corrected chi connectivity index (χ1v) is 6.31. The number of nitrogens with two attached hydrogens (primary N) is 1. The van der Waals surface area contributed by atoms with Crippen molar-refractivity contribution in [1.29, 1.82) is 0 Å². The van der Waals surface area contributed by atoms with Crippen molar-refractivity contribution in [2.75, 3.05) is 0 Å². The Morgan fingerprint density at radius 2 is 2.05 bits per heavy atom. The van der Waals surface area contributed by atoms with Gasteiger partial charge in [-0.2, -0.15) is 0 Å². The predicted octanol–water partition coefficient (Wildman–Crippen LogP) is 2.03. The number of rotatable bonds is 4. The van der Waals surface area contributed by atoms with Gasteiger partial charge in [-0.15, -0.1) is 0 Å². The second kappa shape index (κ2) is 6.31. The standard InChI is InChI=1S/C13H12BrN3O2/c14-11-5-12(7-16-6-11)19-8-9-1-3-10(4-2-9)13(18)17-15/h1-7H,8,15H2,(H,17,18). The normalized spacial score (nSPS) is 10.0. The summed E-state index contributed by atoms with van der Waals surface area (Å²) in [5.41, 5.74) is 3.54. The van der Waals surface area contributed by atoms with E-state index in [9.17, 15) is 4.79 Å². The van der Waals surface area contributed by atoms with E-state index in [0.29, 0.717) is 17.9 Å². The van der Waals surface area contributed by atoms with Gasteiger partial charge in [-0.05, 0) is 39.7 Å². The summed E-state index contributed by atoms with van der Waals surface area (Å²) in [6.07, 6.45) is 3.33. The number of benzene rings is 1. The van der Waals surface area contributed by atoms with E-state index >= 15 is 0 Å². The van der Waals surface area contributed by atoms with Gasteiger partial charge in [0.25, 0.3) is 5.91 Å². The molecule has 0 bridgehead atoms. The van der Waals surface area contributed by atoms with E-state index in [-0.39, 0.29) is 5.91 Å². The smallest absolute Gasteiger partial charge is 0.265 e. The van der Waals surface area contributed by atoms with Gasteiger partial charge in [0.05, 0.1) is 6.20 Å². The van der Waals surface area contributed by atoms with E-state index in [1.807, 2.05) is 18.2 Å². The van der Waals surface area contributed by atoms with Crippen molar-refractivity contribution in [3.63, 3.8) is 0 Å². The van der Waals surface area contributed by atoms with Gasteiger partial charge in [-0.1, -0.05) is 12.1 Å². The van der Waals surface area contributed by atoms with E-state index in [4.69, 9.17) is 10.6 Å². The van der Waals surface area contributed by atoms with Crippen molar-refractivity contribution in [3.8, 4) is 5.75 Å². The summed E-state index contributed by atoms with van der Waals surface area (Å²) in [5, 5.41) is 0. The molecule has 3 N–H and O–H groups in total. The molecule has 0 saturated heterocycles. The summed E-state index contributed by atoms with van der Waals surface area (Å²) < 4.78 is 6.44. The lowest BCUT2D eigenvalue weighted by Gasteiger charge is -2.06. The summed E-state index contributed by atoms with van der Waals surface area (Å²) in [5.74, 6) is 5.42. The number of nitrogens with one attached hydrogen (secondary N) is 1. The number of amides is 1. The maximum absolute atomic E-state index is 11.3. The fourth-order valence-corrected chi connectivity index (χ4v) is 1.82. The molecule has 0 spiro atoms. The van der Waals surface area contributed by atoms with Crippen LogP contribution in [0, 0.1) is 0 Å². The van der Waals surface area contributed by atoms with E-state index < -0.39 is 0 Å². The Bertz CT molecular complexity index is 572. The second-order valence-electron chi connectivity index (χ2n) is 3.80. The zero-order valence-electron chi connectivity index (χ0n) is 9.97. The Balaban J connectivity index is 1.98. The molecule has 0 aliphatic rings. The van der Waals surface area contributed by atoms with Crippen LogP contribution in [0.2, 0.25) is 0 Å². The van der Waals surface area contributed by atoms with Crippen LogP contribution < -0.4 is 16.0 Å². The average molecular weight is 322 g/mol. The minimum absolute atomic E-state index is 0.316. The minimum Gasteiger partial charge on any atom is -0.487 e. The van der Waals surface area contributed by atoms with Gasteiger partial charge in [0, 0.05) is 16.2 Å². The summed E-state index contributed by atoms with van der Waals surface area (Å²) in [7, 11) is 0. The summed E-state index contributed by atoms with van der Waals surface area (Å²) >= 11 is 3.32. The van der Waals surface area contributed by atoms with Crippen molar-refractivity contribution in [1.82, 2.24) is 10.4 Å². The molecule has 0 aliphatic carbocycles. The molecule has 0 unspecified atom stereocenters. The molecule has 0 radical (unpaired) electrons. The van der Waals surface area contributed by atoms with Crippen LogP contribution in [0.3, 0.4) is 0 Å². The Morgan fingerprint density at radius 3 is 2.68 bits per heavy atom. The first kappa shape index (κ1) is 13.5. The van der Waals surface area contributed by atoms with Gasteiger partial charge >= 0.3 is 0 Å². The largest absolute Gasteiger partial charge is 0.487 e. The van der Waals surface area contributed by atoms with E-state index in [1.165, 1.54) is 0 Å². The van der Waals surface area contributed by atoms with Crippen molar-refractivity contribution in [3.05, 3.63) is 58.3 Å². The van der Waals surface area contributed by atoms with Crippen LogP contribution in [0.25, 0.3) is 0 Å². The number of hydrogen-bond donors (Lipinski definition) is 2. The molecule has 0 saturated carbocycles. The van der Waals surface area contributed by atoms with Gasteiger partial charge in [0.1, 0.15) is 12.4 Å². The van der Waals surface area contributed by atoms with Crippen molar-refractivity contribution in [2.24, 2.45) is 5.84 Å². The van der Waals surface area contributed by atoms with E-state index in [1.54, 1.807) is 24.5 Å². The monoisotopic (exact) mass is 321 g/mol. The van der Waals surface area contributed by atoms with Crippen LogP contribution >= 0.6 is 15.9 Å². The molecule has 1 amide bonds. The topological polar surface area (TPSA) is 77.2 Å². The molecule has 0 atom stereocenters. The van der Waals surface area contributed by atoms with Crippen LogP contribution in [0.5, 0.6) is 5.75 Å². The fourth-order valence-electron chi connectivity index (χ4n) is 1.47. The van der Waals surface area contributed by atoms with E-state index in [2.05, 4.69) is 26.3 Å². The number of hydrazine groups is 1.